The van der Waals surface area contributed by atoms with E-state index in [1.165, 1.54) is 24.3 Å². The summed E-state index contributed by atoms with van der Waals surface area (Å²) in [7, 11) is 0. The van der Waals surface area contributed by atoms with Crippen LogP contribution in [0.4, 0.5) is 8.78 Å². The summed E-state index contributed by atoms with van der Waals surface area (Å²) in [5, 5.41) is 17.2. The Morgan fingerprint density at radius 2 is 1.82 bits per heavy atom. The predicted octanol–water partition coefficient (Wildman–Crippen LogP) is 6.79. The first-order chi connectivity index (χ1) is 16.0. The van der Waals surface area contributed by atoms with Crippen LogP contribution in [0.15, 0.2) is 42.3 Å². The molecule has 0 bridgehead atoms. The zero-order valence-corrected chi connectivity index (χ0v) is 18.8. The zero-order valence-electron chi connectivity index (χ0n) is 18.8. The van der Waals surface area contributed by atoms with E-state index in [4.69, 9.17) is 15.3 Å². The Labute approximate surface area is 194 Å². The van der Waals surface area contributed by atoms with E-state index in [0.717, 1.165) is 69.8 Å². The van der Waals surface area contributed by atoms with Crippen molar-refractivity contribution < 1.29 is 18.3 Å². The van der Waals surface area contributed by atoms with E-state index in [-0.39, 0.29) is 29.5 Å². The Kier molecular flexibility index (Phi) is 9.19. The van der Waals surface area contributed by atoms with Gasteiger partial charge < -0.3 is 4.74 Å². The number of hydrogen-bond acceptors (Lipinski definition) is 4. The topological polar surface area (TPSA) is 73.9 Å². The fourth-order valence-corrected chi connectivity index (χ4v) is 4.96. The number of hydrogen-bond donors (Lipinski definition) is 0. The van der Waals surface area contributed by atoms with Gasteiger partial charge in [0.1, 0.15) is 24.1 Å². The minimum atomic E-state index is -0.787. The molecule has 0 saturated heterocycles. The van der Waals surface area contributed by atoms with Gasteiger partial charge in [0.05, 0.1) is 11.5 Å². The fourth-order valence-electron chi connectivity index (χ4n) is 4.96. The van der Waals surface area contributed by atoms with Crippen LogP contribution >= 0.6 is 0 Å². The molecule has 0 N–H and O–H groups in total. The van der Waals surface area contributed by atoms with Gasteiger partial charge in [-0.25, -0.2) is 4.39 Å². The third-order valence-corrected chi connectivity index (χ3v) is 6.95. The number of esters is 1. The SMILES string of the molecule is N#CC(F)=C/C=C/CCC1CCC(OC(=O)[C@H]2CC[C@H](c3ccc(C#N)c(F)c3)CC2)CC1. The smallest absolute Gasteiger partial charge is 0.309 e. The number of carbonyl (C=O) groups excluding carboxylic acids is 1. The van der Waals surface area contributed by atoms with E-state index in [9.17, 15) is 13.6 Å². The summed E-state index contributed by atoms with van der Waals surface area (Å²) in [6, 6.07) is 8.10. The summed E-state index contributed by atoms with van der Waals surface area (Å²) in [6.07, 6.45) is 13.4. The average Bonchev–Trinajstić information content (AvgIpc) is 2.84. The lowest BCUT2D eigenvalue weighted by molar-refractivity contribution is -0.157. The van der Waals surface area contributed by atoms with E-state index in [1.54, 1.807) is 6.08 Å². The Hall–Kier alpha value is -2.99. The van der Waals surface area contributed by atoms with E-state index < -0.39 is 11.6 Å². The minimum Gasteiger partial charge on any atom is -0.462 e. The van der Waals surface area contributed by atoms with Crippen molar-refractivity contribution in [2.75, 3.05) is 0 Å². The molecule has 6 heteroatoms. The lowest BCUT2D eigenvalue weighted by atomic mass is 9.78. The molecule has 0 spiro atoms. The van der Waals surface area contributed by atoms with Crippen molar-refractivity contribution in [2.45, 2.75) is 76.2 Å². The number of rotatable bonds is 7. The van der Waals surface area contributed by atoms with Gasteiger partial charge >= 0.3 is 5.97 Å². The van der Waals surface area contributed by atoms with Gasteiger partial charge in [-0.2, -0.15) is 14.9 Å². The van der Waals surface area contributed by atoms with Crippen molar-refractivity contribution in [1.29, 1.82) is 10.5 Å². The van der Waals surface area contributed by atoms with Crippen LogP contribution in [0.25, 0.3) is 0 Å². The predicted molar refractivity (Wildman–Crippen MR) is 121 cm³/mol. The van der Waals surface area contributed by atoms with Crippen LogP contribution in [0.5, 0.6) is 0 Å². The summed E-state index contributed by atoms with van der Waals surface area (Å²) >= 11 is 0. The number of halogens is 2. The molecule has 1 aromatic carbocycles. The average molecular weight is 453 g/mol. The van der Waals surface area contributed by atoms with Gasteiger partial charge in [0, 0.05) is 0 Å². The van der Waals surface area contributed by atoms with E-state index in [0.29, 0.717) is 5.92 Å². The Morgan fingerprint density at radius 1 is 1.09 bits per heavy atom. The highest BCUT2D eigenvalue weighted by molar-refractivity contribution is 5.72. The van der Waals surface area contributed by atoms with Gasteiger partial charge in [-0.3, -0.25) is 4.79 Å². The van der Waals surface area contributed by atoms with Crippen LogP contribution in [0.1, 0.15) is 81.3 Å². The number of benzene rings is 1. The molecule has 0 radical (unpaired) electrons. The molecule has 174 valence electrons. The summed E-state index contributed by atoms with van der Waals surface area (Å²) in [6.45, 7) is 0. The van der Waals surface area contributed by atoms with E-state index in [2.05, 4.69) is 0 Å². The molecule has 1 aromatic rings. The molecule has 0 aliphatic heterocycles. The quantitative estimate of drug-likeness (QED) is 0.259. The standard InChI is InChI=1S/C27H30F2N2O2/c28-24(18-31)5-3-1-2-4-19-6-14-25(15-7-19)33-27(32)21-10-8-20(9-11-21)22-12-13-23(17-30)26(29)16-22/h1,3,5,12-13,16,19-21,25H,2,4,6-11,14-15H2/b3-1+,24-5?/t19?,20-,21-,25?. The normalized spacial score (nSPS) is 25.9. The van der Waals surface area contributed by atoms with Crippen LogP contribution in [0.3, 0.4) is 0 Å². The molecule has 2 saturated carbocycles. The third-order valence-electron chi connectivity index (χ3n) is 6.95. The molecule has 2 aliphatic rings. The molecule has 0 heterocycles. The van der Waals surface area contributed by atoms with Crippen molar-refractivity contribution >= 4 is 5.97 Å². The second kappa shape index (κ2) is 12.3. The van der Waals surface area contributed by atoms with Gasteiger partial charge in [0.25, 0.3) is 0 Å². The van der Waals surface area contributed by atoms with Crippen molar-refractivity contribution in [2.24, 2.45) is 11.8 Å². The Morgan fingerprint density at radius 3 is 2.45 bits per heavy atom. The largest absolute Gasteiger partial charge is 0.462 e. The molecular formula is C27H30F2N2O2. The highest BCUT2D eigenvalue weighted by Crippen LogP contribution is 2.37. The van der Waals surface area contributed by atoms with Gasteiger partial charge in [-0.05, 0) is 99.8 Å². The second-order valence-electron chi connectivity index (χ2n) is 9.11. The maximum absolute atomic E-state index is 13.9. The lowest BCUT2D eigenvalue weighted by Gasteiger charge is -2.31. The number of nitrogens with zero attached hydrogens (tertiary/aromatic N) is 2. The minimum absolute atomic E-state index is 0.0118. The van der Waals surface area contributed by atoms with Crippen molar-refractivity contribution in [3.63, 3.8) is 0 Å². The highest BCUT2D eigenvalue weighted by Gasteiger charge is 2.31. The van der Waals surface area contributed by atoms with Gasteiger partial charge in [-0.1, -0.05) is 18.2 Å². The zero-order chi connectivity index (χ0) is 23.6. The van der Waals surface area contributed by atoms with Crippen LogP contribution < -0.4 is 0 Å². The number of allylic oxidation sites excluding steroid dienone is 4. The van der Waals surface area contributed by atoms with Crippen LogP contribution in [0.2, 0.25) is 0 Å². The molecule has 3 rings (SSSR count). The molecule has 0 amide bonds. The molecule has 33 heavy (non-hydrogen) atoms. The van der Waals surface area contributed by atoms with Crippen LogP contribution in [0, 0.1) is 40.3 Å². The number of ether oxygens (including phenoxy) is 1. The summed E-state index contributed by atoms with van der Waals surface area (Å²) < 4.78 is 32.5. The van der Waals surface area contributed by atoms with Gasteiger partial charge in [0.15, 0.2) is 5.83 Å². The molecule has 2 fully saturated rings. The molecule has 0 unspecified atom stereocenters. The van der Waals surface area contributed by atoms with Crippen molar-refractivity contribution in [3.05, 3.63) is 59.2 Å². The maximum Gasteiger partial charge on any atom is 0.309 e. The maximum atomic E-state index is 13.9. The lowest BCUT2D eigenvalue weighted by Crippen LogP contribution is -2.29. The molecule has 4 nitrogen and oxygen atoms in total. The Bertz CT molecular complexity index is 957. The first kappa shape index (κ1) is 24.6. The van der Waals surface area contributed by atoms with E-state index >= 15 is 0 Å². The fraction of sp³-hybridized carbons (Fsp3) is 0.519. The summed E-state index contributed by atoms with van der Waals surface area (Å²) in [5.41, 5.74) is 0.961. The third kappa shape index (κ3) is 7.26. The van der Waals surface area contributed by atoms with Crippen LogP contribution in [-0.2, 0) is 9.53 Å². The Balaban J connectivity index is 1.36. The highest BCUT2D eigenvalue weighted by atomic mass is 19.1. The summed E-state index contributed by atoms with van der Waals surface area (Å²) in [5.74, 6) is -0.658. The van der Waals surface area contributed by atoms with Crippen molar-refractivity contribution in [3.8, 4) is 12.1 Å². The summed E-state index contributed by atoms with van der Waals surface area (Å²) in [4.78, 5) is 12.7. The first-order valence-electron chi connectivity index (χ1n) is 11.8. The number of carbonyl (C=O) groups is 1. The second-order valence-corrected chi connectivity index (χ2v) is 9.11. The van der Waals surface area contributed by atoms with Crippen molar-refractivity contribution in [1.82, 2.24) is 0 Å². The molecular weight excluding hydrogens is 422 g/mol. The molecule has 0 aromatic heterocycles. The van der Waals surface area contributed by atoms with Gasteiger partial charge in [0.2, 0.25) is 0 Å². The van der Waals surface area contributed by atoms with Gasteiger partial charge in [-0.15, -0.1) is 0 Å². The molecule has 0 atom stereocenters. The van der Waals surface area contributed by atoms with E-state index in [1.807, 2.05) is 18.2 Å². The molecule has 2 aliphatic carbocycles. The van der Waals surface area contributed by atoms with Crippen LogP contribution in [-0.4, -0.2) is 12.1 Å². The first-order valence-corrected chi connectivity index (χ1v) is 11.8. The number of nitriles is 2. The monoisotopic (exact) mass is 452 g/mol.